The van der Waals surface area contributed by atoms with Crippen molar-refractivity contribution in [3.63, 3.8) is 0 Å². The summed E-state index contributed by atoms with van der Waals surface area (Å²) in [5.41, 5.74) is -0.0899. The van der Waals surface area contributed by atoms with E-state index in [4.69, 9.17) is 5.11 Å². The standard InChI is InChI=1S/C10H9N3O4S/c14-10(15)9-5-7(1-4-12-9)13-18(16,17)8-2-3-11-6-8/h1-6,11H,(H,12,13)(H,14,15). The first kappa shape index (κ1) is 12.1. The van der Waals surface area contributed by atoms with Gasteiger partial charge in [0.05, 0.1) is 5.69 Å². The molecule has 0 bridgehead atoms. The number of pyridine rings is 1. The van der Waals surface area contributed by atoms with Gasteiger partial charge in [0.1, 0.15) is 10.6 Å². The van der Waals surface area contributed by atoms with Gasteiger partial charge in [-0.2, -0.15) is 0 Å². The molecule has 8 heteroatoms. The smallest absolute Gasteiger partial charge is 0.354 e. The van der Waals surface area contributed by atoms with Gasteiger partial charge in [0.2, 0.25) is 0 Å². The molecule has 18 heavy (non-hydrogen) atoms. The summed E-state index contributed by atoms with van der Waals surface area (Å²) in [5.74, 6) is -1.22. The number of anilines is 1. The molecule has 3 N–H and O–H groups in total. The summed E-state index contributed by atoms with van der Waals surface area (Å²) in [7, 11) is -3.71. The van der Waals surface area contributed by atoms with Crippen LogP contribution in [0.2, 0.25) is 0 Å². The third-order valence-electron chi connectivity index (χ3n) is 2.11. The van der Waals surface area contributed by atoms with Gasteiger partial charge in [-0.1, -0.05) is 0 Å². The van der Waals surface area contributed by atoms with Gasteiger partial charge in [-0.15, -0.1) is 0 Å². The summed E-state index contributed by atoms with van der Waals surface area (Å²) >= 11 is 0. The van der Waals surface area contributed by atoms with Crippen LogP contribution in [0.15, 0.2) is 41.7 Å². The zero-order chi connectivity index (χ0) is 13.2. The quantitative estimate of drug-likeness (QED) is 0.762. The number of carbonyl (C=O) groups is 1. The molecule has 0 spiro atoms. The Morgan fingerprint density at radius 2 is 2.17 bits per heavy atom. The lowest BCUT2D eigenvalue weighted by Crippen LogP contribution is -2.13. The van der Waals surface area contributed by atoms with Crippen LogP contribution < -0.4 is 4.72 Å². The Morgan fingerprint density at radius 3 is 2.78 bits per heavy atom. The third kappa shape index (κ3) is 2.48. The van der Waals surface area contributed by atoms with Crippen LogP contribution in [-0.4, -0.2) is 29.5 Å². The minimum atomic E-state index is -3.71. The molecule has 0 saturated carbocycles. The SMILES string of the molecule is O=C(O)c1cc(NS(=O)(=O)c2cc[nH]c2)ccn1. The number of hydrogen-bond acceptors (Lipinski definition) is 4. The Morgan fingerprint density at radius 1 is 1.39 bits per heavy atom. The van der Waals surface area contributed by atoms with Crippen molar-refractivity contribution in [1.82, 2.24) is 9.97 Å². The van der Waals surface area contributed by atoms with Crippen LogP contribution in [0.1, 0.15) is 10.5 Å². The molecule has 2 rings (SSSR count). The highest BCUT2D eigenvalue weighted by molar-refractivity contribution is 7.92. The van der Waals surface area contributed by atoms with E-state index in [0.29, 0.717) is 0 Å². The topological polar surface area (TPSA) is 112 Å². The van der Waals surface area contributed by atoms with E-state index in [0.717, 1.165) is 6.07 Å². The van der Waals surface area contributed by atoms with Gasteiger partial charge in [0, 0.05) is 18.6 Å². The molecule has 0 aromatic carbocycles. The number of hydrogen-bond donors (Lipinski definition) is 3. The van der Waals surface area contributed by atoms with Crippen molar-refractivity contribution in [2.45, 2.75) is 4.90 Å². The fraction of sp³-hybridized carbons (Fsp3) is 0. The first-order chi connectivity index (χ1) is 8.49. The fourth-order valence-electron chi connectivity index (χ4n) is 1.30. The number of carboxylic acids is 1. The molecular weight excluding hydrogens is 258 g/mol. The lowest BCUT2D eigenvalue weighted by atomic mass is 10.3. The van der Waals surface area contributed by atoms with E-state index in [2.05, 4.69) is 14.7 Å². The minimum Gasteiger partial charge on any atom is -0.477 e. The Hall–Kier alpha value is -2.35. The number of nitrogens with zero attached hydrogens (tertiary/aromatic N) is 1. The minimum absolute atomic E-state index is 0.0659. The Kier molecular flexibility index (Phi) is 3.02. The van der Waals surface area contributed by atoms with Gasteiger partial charge in [0.15, 0.2) is 0 Å². The second kappa shape index (κ2) is 4.49. The van der Waals surface area contributed by atoms with Crippen molar-refractivity contribution in [1.29, 1.82) is 0 Å². The molecule has 94 valence electrons. The van der Waals surface area contributed by atoms with Crippen molar-refractivity contribution < 1.29 is 18.3 Å². The summed E-state index contributed by atoms with van der Waals surface area (Å²) in [6.07, 6.45) is 4.02. The maximum absolute atomic E-state index is 11.8. The number of aromatic nitrogens is 2. The zero-order valence-corrected chi connectivity index (χ0v) is 9.81. The van der Waals surface area contributed by atoms with Crippen molar-refractivity contribution in [2.24, 2.45) is 0 Å². The third-order valence-corrected chi connectivity index (χ3v) is 3.49. The maximum Gasteiger partial charge on any atom is 0.354 e. The van der Waals surface area contributed by atoms with Crippen LogP contribution in [0, 0.1) is 0 Å². The molecule has 0 fully saturated rings. The highest BCUT2D eigenvalue weighted by atomic mass is 32.2. The van der Waals surface area contributed by atoms with Gasteiger partial charge in [0.25, 0.3) is 10.0 Å². The second-order valence-corrected chi connectivity index (χ2v) is 5.07. The summed E-state index contributed by atoms with van der Waals surface area (Å²) in [6, 6.07) is 3.91. The van der Waals surface area contributed by atoms with Crippen LogP contribution in [-0.2, 0) is 10.0 Å². The highest BCUT2D eigenvalue weighted by Crippen LogP contribution is 2.15. The molecule has 0 aliphatic carbocycles. The molecule has 7 nitrogen and oxygen atoms in total. The predicted octanol–water partition coefficient (Wildman–Crippen LogP) is 0.909. The number of rotatable bonds is 4. The second-order valence-electron chi connectivity index (χ2n) is 3.39. The van der Waals surface area contributed by atoms with E-state index in [-0.39, 0.29) is 16.3 Å². The molecule has 0 atom stereocenters. The van der Waals surface area contributed by atoms with E-state index < -0.39 is 16.0 Å². The summed E-state index contributed by atoms with van der Waals surface area (Å²) in [5, 5.41) is 8.75. The van der Waals surface area contributed by atoms with E-state index >= 15 is 0 Å². The molecular formula is C10H9N3O4S. The predicted molar refractivity (Wildman–Crippen MR) is 62.8 cm³/mol. The van der Waals surface area contributed by atoms with Gasteiger partial charge in [-0.05, 0) is 18.2 Å². The van der Waals surface area contributed by atoms with Gasteiger partial charge in [-0.3, -0.25) is 4.72 Å². The molecule has 2 aromatic heterocycles. The fourth-order valence-corrected chi connectivity index (χ4v) is 2.33. The molecule has 0 amide bonds. The highest BCUT2D eigenvalue weighted by Gasteiger charge is 2.15. The molecule has 0 unspecified atom stereocenters. The van der Waals surface area contributed by atoms with Gasteiger partial charge < -0.3 is 10.1 Å². The lowest BCUT2D eigenvalue weighted by Gasteiger charge is -2.06. The van der Waals surface area contributed by atoms with Crippen LogP contribution in [0.25, 0.3) is 0 Å². The van der Waals surface area contributed by atoms with Crippen LogP contribution in [0.3, 0.4) is 0 Å². The van der Waals surface area contributed by atoms with Crippen LogP contribution >= 0.6 is 0 Å². The van der Waals surface area contributed by atoms with E-state index in [1.165, 1.54) is 30.7 Å². The Bertz CT molecular complexity index is 664. The first-order valence-corrected chi connectivity index (χ1v) is 6.32. The molecule has 0 saturated heterocycles. The van der Waals surface area contributed by atoms with Crippen molar-refractivity contribution in [2.75, 3.05) is 4.72 Å². The number of H-pyrrole nitrogens is 1. The molecule has 2 aromatic rings. The number of sulfonamides is 1. The number of aromatic amines is 1. The van der Waals surface area contributed by atoms with Gasteiger partial charge >= 0.3 is 5.97 Å². The molecule has 0 aliphatic rings. The van der Waals surface area contributed by atoms with E-state index in [1.54, 1.807) is 0 Å². The van der Waals surface area contributed by atoms with Crippen molar-refractivity contribution in [3.05, 3.63) is 42.5 Å². The van der Waals surface area contributed by atoms with Crippen LogP contribution in [0.5, 0.6) is 0 Å². The maximum atomic E-state index is 11.8. The summed E-state index contributed by atoms with van der Waals surface area (Å²) in [6.45, 7) is 0. The monoisotopic (exact) mass is 267 g/mol. The lowest BCUT2D eigenvalue weighted by molar-refractivity contribution is 0.0690. The number of carboxylic acid groups (broad SMARTS) is 1. The molecule has 0 aliphatic heterocycles. The number of nitrogens with one attached hydrogen (secondary N) is 2. The largest absolute Gasteiger partial charge is 0.477 e. The Balaban J connectivity index is 2.30. The summed E-state index contributed by atoms with van der Waals surface area (Å²) in [4.78, 5) is 17.0. The average molecular weight is 267 g/mol. The van der Waals surface area contributed by atoms with E-state index in [9.17, 15) is 13.2 Å². The molecule has 2 heterocycles. The van der Waals surface area contributed by atoms with E-state index in [1.807, 2.05) is 0 Å². The van der Waals surface area contributed by atoms with Crippen LogP contribution in [0.4, 0.5) is 5.69 Å². The van der Waals surface area contributed by atoms with Crippen molar-refractivity contribution in [3.8, 4) is 0 Å². The van der Waals surface area contributed by atoms with Gasteiger partial charge in [-0.25, -0.2) is 18.2 Å². The zero-order valence-electron chi connectivity index (χ0n) is 8.99. The molecule has 0 radical (unpaired) electrons. The summed E-state index contributed by atoms with van der Waals surface area (Å²) < 4.78 is 26.0. The number of aromatic carboxylic acids is 1. The first-order valence-electron chi connectivity index (χ1n) is 4.84. The normalized spacial score (nSPS) is 11.1. The average Bonchev–Trinajstić information content (AvgIpc) is 2.82. The van der Waals surface area contributed by atoms with Crippen molar-refractivity contribution >= 4 is 21.7 Å². The Labute approximate surface area is 103 Å².